The molecule has 0 bridgehead atoms. The Morgan fingerprint density at radius 2 is 2.12 bits per heavy atom. The van der Waals surface area contributed by atoms with Gasteiger partial charge in [0.2, 0.25) is 5.82 Å². The molecule has 0 radical (unpaired) electrons. The quantitative estimate of drug-likeness (QED) is 0.505. The zero-order chi connectivity index (χ0) is 12.3. The number of hydrogen-bond donors (Lipinski definition) is 4. The first-order valence-electron chi connectivity index (χ1n) is 4.52. The van der Waals surface area contributed by atoms with E-state index in [1.807, 2.05) is 0 Å². The van der Waals surface area contributed by atoms with E-state index >= 15 is 0 Å². The van der Waals surface area contributed by atoms with E-state index in [1.54, 1.807) is 6.92 Å². The molecule has 0 fully saturated rings. The summed E-state index contributed by atoms with van der Waals surface area (Å²) in [5.41, 5.74) is 0. The summed E-state index contributed by atoms with van der Waals surface area (Å²) >= 11 is 0. The Hall–Kier alpha value is -1.96. The van der Waals surface area contributed by atoms with E-state index in [0.29, 0.717) is 5.82 Å². The van der Waals surface area contributed by atoms with Crippen molar-refractivity contribution in [2.45, 2.75) is 26.0 Å². The first kappa shape index (κ1) is 12.1. The Morgan fingerprint density at radius 1 is 1.50 bits per heavy atom. The smallest absolute Gasteiger partial charge is 0.328 e. The lowest BCUT2D eigenvalue weighted by Gasteiger charge is -2.15. The number of carboxylic acid groups (broad SMARTS) is 1. The second kappa shape index (κ2) is 4.71. The molecule has 88 valence electrons. The molecular weight excluding hydrogens is 216 g/mol. The summed E-state index contributed by atoms with van der Waals surface area (Å²) < 4.78 is 0. The van der Waals surface area contributed by atoms with E-state index < -0.39 is 24.0 Å². The van der Waals surface area contributed by atoms with Gasteiger partial charge in [0.25, 0.3) is 5.91 Å². The van der Waals surface area contributed by atoms with Crippen molar-refractivity contribution in [1.29, 1.82) is 0 Å². The Morgan fingerprint density at radius 3 is 2.50 bits per heavy atom. The topological polar surface area (TPSA) is 128 Å². The monoisotopic (exact) mass is 228 g/mol. The number of carbonyl (C=O) groups is 2. The number of aryl methyl sites for hydroxylation is 1. The first-order valence-corrected chi connectivity index (χ1v) is 4.52. The molecule has 0 aliphatic carbocycles. The molecule has 2 unspecified atom stereocenters. The van der Waals surface area contributed by atoms with Gasteiger partial charge in [-0.15, -0.1) is 5.10 Å². The number of aromatic nitrogens is 3. The van der Waals surface area contributed by atoms with E-state index in [1.165, 1.54) is 6.92 Å². The van der Waals surface area contributed by atoms with Crippen molar-refractivity contribution in [2.24, 2.45) is 0 Å². The lowest BCUT2D eigenvalue weighted by atomic mass is 10.2. The van der Waals surface area contributed by atoms with Gasteiger partial charge in [-0.3, -0.25) is 9.89 Å². The van der Waals surface area contributed by atoms with Crippen molar-refractivity contribution < 1.29 is 19.8 Å². The van der Waals surface area contributed by atoms with Gasteiger partial charge in [-0.05, 0) is 13.8 Å². The summed E-state index contributed by atoms with van der Waals surface area (Å²) in [6.45, 7) is 2.87. The van der Waals surface area contributed by atoms with Gasteiger partial charge in [-0.25, -0.2) is 9.78 Å². The third kappa shape index (κ3) is 2.76. The largest absolute Gasteiger partial charge is 0.480 e. The number of hydrogen-bond acceptors (Lipinski definition) is 5. The number of aromatic amines is 1. The van der Waals surface area contributed by atoms with Crippen molar-refractivity contribution in [3.05, 3.63) is 11.6 Å². The van der Waals surface area contributed by atoms with Gasteiger partial charge in [-0.2, -0.15) is 0 Å². The molecule has 1 rings (SSSR count). The van der Waals surface area contributed by atoms with Crippen LogP contribution in [-0.4, -0.2) is 49.4 Å². The molecule has 0 saturated carbocycles. The van der Waals surface area contributed by atoms with Crippen molar-refractivity contribution in [2.75, 3.05) is 0 Å². The molecular formula is C8H12N4O4. The first-order chi connectivity index (χ1) is 7.41. The predicted molar refractivity (Wildman–Crippen MR) is 51.7 cm³/mol. The van der Waals surface area contributed by atoms with Crippen LogP contribution in [0.5, 0.6) is 0 Å². The minimum absolute atomic E-state index is 0.163. The average Bonchev–Trinajstić information content (AvgIpc) is 2.59. The van der Waals surface area contributed by atoms with Crippen LogP contribution in [-0.2, 0) is 4.79 Å². The number of rotatable bonds is 4. The van der Waals surface area contributed by atoms with E-state index in [9.17, 15) is 9.59 Å². The lowest BCUT2D eigenvalue weighted by Crippen LogP contribution is -2.47. The highest BCUT2D eigenvalue weighted by Gasteiger charge is 2.26. The van der Waals surface area contributed by atoms with E-state index in [2.05, 4.69) is 20.5 Å². The molecule has 0 aliphatic rings. The predicted octanol–water partition coefficient (Wildman–Crippen LogP) is -1.32. The van der Waals surface area contributed by atoms with Gasteiger partial charge in [0.1, 0.15) is 5.82 Å². The second-order valence-corrected chi connectivity index (χ2v) is 3.27. The maximum absolute atomic E-state index is 11.4. The Balaban J connectivity index is 2.73. The average molecular weight is 228 g/mol. The summed E-state index contributed by atoms with van der Waals surface area (Å²) in [5.74, 6) is -1.80. The molecule has 0 saturated heterocycles. The fourth-order valence-electron chi connectivity index (χ4n) is 1.04. The Labute approximate surface area is 90.7 Å². The van der Waals surface area contributed by atoms with Gasteiger partial charge in [0.15, 0.2) is 6.04 Å². The maximum atomic E-state index is 11.4. The van der Waals surface area contributed by atoms with Crippen molar-refractivity contribution in [1.82, 2.24) is 20.5 Å². The number of carbonyl (C=O) groups excluding carboxylic acids is 1. The molecule has 8 nitrogen and oxygen atoms in total. The SMILES string of the molecule is Cc1nc(C(=O)NC(C(=O)O)C(C)O)n[nH]1. The molecule has 8 heteroatoms. The number of aliphatic carboxylic acids is 1. The van der Waals surface area contributed by atoms with Gasteiger partial charge < -0.3 is 15.5 Å². The zero-order valence-electron chi connectivity index (χ0n) is 8.76. The van der Waals surface area contributed by atoms with Gasteiger partial charge in [0, 0.05) is 0 Å². The summed E-state index contributed by atoms with van der Waals surface area (Å²) in [6.07, 6.45) is -1.21. The summed E-state index contributed by atoms with van der Waals surface area (Å²) in [4.78, 5) is 25.9. The van der Waals surface area contributed by atoms with Gasteiger partial charge in [-0.1, -0.05) is 0 Å². The summed E-state index contributed by atoms with van der Waals surface area (Å²) in [5, 5.41) is 26.0. The van der Waals surface area contributed by atoms with Crippen LogP contribution in [0.1, 0.15) is 23.4 Å². The number of carboxylic acids is 1. The third-order valence-corrected chi connectivity index (χ3v) is 1.84. The molecule has 16 heavy (non-hydrogen) atoms. The van der Waals surface area contributed by atoms with Crippen LogP contribution < -0.4 is 5.32 Å². The van der Waals surface area contributed by atoms with Crippen LogP contribution in [0.2, 0.25) is 0 Å². The Kier molecular flexibility index (Phi) is 3.56. The normalized spacial score (nSPS) is 14.2. The van der Waals surface area contributed by atoms with Gasteiger partial charge >= 0.3 is 5.97 Å². The minimum atomic E-state index is -1.38. The summed E-state index contributed by atoms with van der Waals surface area (Å²) in [6, 6.07) is -1.38. The second-order valence-electron chi connectivity index (χ2n) is 3.27. The fourth-order valence-corrected chi connectivity index (χ4v) is 1.04. The molecule has 1 amide bonds. The van der Waals surface area contributed by atoms with Crippen LogP contribution in [0.3, 0.4) is 0 Å². The van der Waals surface area contributed by atoms with Crippen LogP contribution >= 0.6 is 0 Å². The van der Waals surface area contributed by atoms with Crippen LogP contribution in [0.25, 0.3) is 0 Å². The lowest BCUT2D eigenvalue weighted by molar-refractivity contribution is -0.141. The third-order valence-electron chi connectivity index (χ3n) is 1.84. The molecule has 0 aliphatic heterocycles. The van der Waals surface area contributed by atoms with Crippen LogP contribution in [0, 0.1) is 6.92 Å². The number of amides is 1. The standard InChI is InChI=1S/C8H12N4O4/c1-3(13)5(8(15)16)10-7(14)6-9-4(2)11-12-6/h3,5,13H,1-2H3,(H,10,14)(H,15,16)(H,9,11,12). The zero-order valence-corrected chi connectivity index (χ0v) is 8.76. The van der Waals surface area contributed by atoms with Crippen molar-refractivity contribution in [3.63, 3.8) is 0 Å². The summed E-state index contributed by atoms with van der Waals surface area (Å²) in [7, 11) is 0. The highest BCUT2D eigenvalue weighted by Crippen LogP contribution is 1.96. The molecule has 0 aromatic carbocycles. The molecule has 1 aromatic heterocycles. The van der Waals surface area contributed by atoms with Crippen molar-refractivity contribution >= 4 is 11.9 Å². The number of aliphatic hydroxyl groups is 1. The fraction of sp³-hybridized carbons (Fsp3) is 0.500. The number of aliphatic hydroxyl groups excluding tert-OH is 1. The molecule has 4 N–H and O–H groups in total. The van der Waals surface area contributed by atoms with Crippen LogP contribution in [0.15, 0.2) is 0 Å². The number of nitrogens with one attached hydrogen (secondary N) is 2. The van der Waals surface area contributed by atoms with Crippen molar-refractivity contribution in [3.8, 4) is 0 Å². The van der Waals surface area contributed by atoms with E-state index in [0.717, 1.165) is 0 Å². The minimum Gasteiger partial charge on any atom is -0.480 e. The maximum Gasteiger partial charge on any atom is 0.328 e. The molecule has 1 heterocycles. The van der Waals surface area contributed by atoms with Gasteiger partial charge in [0.05, 0.1) is 6.10 Å². The molecule has 1 aromatic rings. The molecule has 0 spiro atoms. The van der Waals surface area contributed by atoms with E-state index in [-0.39, 0.29) is 5.82 Å². The number of nitrogens with zero attached hydrogens (tertiary/aromatic N) is 2. The Bertz CT molecular complexity index is 400. The molecule has 2 atom stereocenters. The highest BCUT2D eigenvalue weighted by atomic mass is 16.4. The van der Waals surface area contributed by atoms with E-state index in [4.69, 9.17) is 10.2 Å². The van der Waals surface area contributed by atoms with Crippen LogP contribution in [0.4, 0.5) is 0 Å². The highest BCUT2D eigenvalue weighted by molar-refractivity contribution is 5.93. The number of H-pyrrole nitrogens is 1.